The van der Waals surface area contributed by atoms with Crippen LogP contribution in [0.1, 0.15) is 0 Å². The molecule has 0 spiro atoms. The Bertz CT molecular complexity index is 504. The Morgan fingerprint density at radius 2 is 1.69 bits per heavy atom. The highest BCUT2D eigenvalue weighted by Crippen LogP contribution is 2.31. The SMILES string of the molecule is CO[C@H]1O[C@H](CNC(=O)N2[C@@H]3OC[C@H]2[C@@H](O)[C@H](O)[C@H]3O)[C@@H](O)[C@H](O)[C@H]1O. The summed E-state index contributed by atoms with van der Waals surface area (Å²) in [5.74, 6) is 0. The summed E-state index contributed by atoms with van der Waals surface area (Å²) in [7, 11) is 1.25. The third-order valence-electron chi connectivity index (χ3n) is 5.05. The van der Waals surface area contributed by atoms with Crippen LogP contribution in [0.25, 0.3) is 0 Å². The van der Waals surface area contributed by atoms with E-state index in [9.17, 15) is 35.4 Å². The Labute approximate surface area is 148 Å². The Kier molecular flexibility index (Phi) is 5.67. The van der Waals surface area contributed by atoms with Crippen molar-refractivity contribution in [3.63, 3.8) is 0 Å². The molecule has 3 aliphatic heterocycles. The molecular formula is C14H24N2O10. The maximum Gasteiger partial charge on any atom is 0.320 e. The van der Waals surface area contributed by atoms with E-state index in [1.54, 1.807) is 0 Å². The number of methoxy groups -OCH3 is 1. The van der Waals surface area contributed by atoms with Crippen LogP contribution in [0.3, 0.4) is 0 Å². The average molecular weight is 380 g/mol. The summed E-state index contributed by atoms with van der Waals surface area (Å²) in [6, 6.07) is -1.55. The zero-order valence-corrected chi connectivity index (χ0v) is 14.0. The highest BCUT2D eigenvalue weighted by atomic mass is 16.7. The number of nitrogens with zero attached hydrogens (tertiary/aromatic N) is 1. The number of carbonyl (C=O) groups is 1. The van der Waals surface area contributed by atoms with Gasteiger partial charge >= 0.3 is 6.03 Å². The molecule has 150 valence electrons. The molecule has 0 aliphatic carbocycles. The van der Waals surface area contributed by atoms with E-state index in [1.807, 2.05) is 0 Å². The van der Waals surface area contributed by atoms with Crippen LogP contribution in [-0.2, 0) is 14.2 Å². The fourth-order valence-electron chi connectivity index (χ4n) is 3.50. The minimum Gasteiger partial charge on any atom is -0.388 e. The molecule has 0 unspecified atom stereocenters. The number of nitrogens with one attached hydrogen (secondary N) is 1. The van der Waals surface area contributed by atoms with E-state index < -0.39 is 67.3 Å². The third kappa shape index (κ3) is 3.17. The topological polar surface area (TPSA) is 181 Å². The molecular weight excluding hydrogens is 356 g/mol. The predicted octanol–water partition coefficient (Wildman–Crippen LogP) is -4.73. The van der Waals surface area contributed by atoms with Gasteiger partial charge in [-0.2, -0.15) is 0 Å². The predicted molar refractivity (Wildman–Crippen MR) is 80.5 cm³/mol. The summed E-state index contributed by atoms with van der Waals surface area (Å²) < 4.78 is 15.5. The van der Waals surface area contributed by atoms with Crippen molar-refractivity contribution in [3.05, 3.63) is 0 Å². The molecule has 12 nitrogen and oxygen atoms in total. The number of amides is 2. The van der Waals surface area contributed by atoms with Crippen LogP contribution in [0.5, 0.6) is 0 Å². The number of aliphatic hydroxyl groups excluding tert-OH is 6. The number of fused-ring (bicyclic) bond motifs is 2. The van der Waals surface area contributed by atoms with E-state index in [2.05, 4.69) is 5.32 Å². The van der Waals surface area contributed by atoms with Gasteiger partial charge in [0.15, 0.2) is 12.5 Å². The van der Waals surface area contributed by atoms with Crippen molar-refractivity contribution in [2.45, 2.75) is 61.3 Å². The zero-order chi connectivity index (χ0) is 19.2. The number of urea groups is 1. The fourth-order valence-corrected chi connectivity index (χ4v) is 3.50. The van der Waals surface area contributed by atoms with Crippen molar-refractivity contribution in [3.8, 4) is 0 Å². The van der Waals surface area contributed by atoms with Crippen LogP contribution < -0.4 is 5.32 Å². The van der Waals surface area contributed by atoms with E-state index in [0.29, 0.717) is 0 Å². The summed E-state index contributed by atoms with van der Waals surface area (Å²) in [5, 5.41) is 61.7. The highest BCUT2D eigenvalue weighted by Gasteiger charge is 2.55. The Morgan fingerprint density at radius 3 is 2.35 bits per heavy atom. The van der Waals surface area contributed by atoms with E-state index in [1.165, 1.54) is 7.11 Å². The van der Waals surface area contributed by atoms with Gasteiger partial charge in [-0.05, 0) is 0 Å². The lowest BCUT2D eigenvalue weighted by molar-refractivity contribution is -0.288. The quantitative estimate of drug-likeness (QED) is 0.251. The summed E-state index contributed by atoms with van der Waals surface area (Å²) in [5.41, 5.74) is 0. The van der Waals surface area contributed by atoms with Gasteiger partial charge in [-0.1, -0.05) is 0 Å². The molecule has 10 atom stereocenters. The maximum absolute atomic E-state index is 12.5. The van der Waals surface area contributed by atoms with E-state index in [0.717, 1.165) is 4.90 Å². The maximum atomic E-state index is 12.5. The Balaban J connectivity index is 1.62. The van der Waals surface area contributed by atoms with Crippen molar-refractivity contribution in [2.75, 3.05) is 20.3 Å². The van der Waals surface area contributed by atoms with E-state index >= 15 is 0 Å². The standard InChI is InChI=1S/C14H24N2O10/c1-24-13-11(22)9(20)7(18)5(26-13)2-15-14(23)16-4-3-25-12(16)10(21)8(19)6(4)17/h4-13,17-22H,2-3H2,1H3,(H,15,23)/t4-,5+,6+,7+,8-,9-,10+,11+,12+,13-/m0/s1. The highest BCUT2D eigenvalue weighted by molar-refractivity contribution is 5.75. The molecule has 3 fully saturated rings. The van der Waals surface area contributed by atoms with E-state index in [4.69, 9.17) is 14.2 Å². The van der Waals surface area contributed by atoms with Gasteiger partial charge < -0.3 is 50.2 Å². The van der Waals surface area contributed by atoms with Crippen LogP contribution in [0.15, 0.2) is 0 Å². The lowest BCUT2D eigenvalue weighted by Crippen LogP contribution is -2.66. The molecule has 7 N–H and O–H groups in total. The number of piperidine rings is 1. The lowest BCUT2D eigenvalue weighted by Gasteiger charge is -2.42. The Morgan fingerprint density at radius 1 is 1.04 bits per heavy atom. The second-order valence-corrected chi connectivity index (χ2v) is 6.61. The summed E-state index contributed by atoms with van der Waals surface area (Å²) >= 11 is 0. The largest absolute Gasteiger partial charge is 0.388 e. The number of ether oxygens (including phenoxy) is 3. The monoisotopic (exact) mass is 380 g/mol. The molecule has 26 heavy (non-hydrogen) atoms. The minimum atomic E-state index is -1.52. The summed E-state index contributed by atoms with van der Waals surface area (Å²) in [6.07, 6.45) is -12.1. The zero-order valence-electron chi connectivity index (χ0n) is 14.0. The second-order valence-electron chi connectivity index (χ2n) is 6.61. The molecule has 3 heterocycles. The molecule has 2 bridgehead atoms. The average Bonchev–Trinajstić information content (AvgIpc) is 3.04. The first-order valence-electron chi connectivity index (χ1n) is 8.22. The molecule has 0 aromatic heterocycles. The van der Waals surface area contributed by atoms with Gasteiger partial charge in [-0.3, -0.25) is 4.90 Å². The first kappa shape index (κ1) is 19.7. The van der Waals surface area contributed by atoms with Crippen molar-refractivity contribution < 1.29 is 49.6 Å². The van der Waals surface area contributed by atoms with Gasteiger partial charge in [0.1, 0.15) is 42.7 Å². The molecule has 3 rings (SSSR count). The number of rotatable bonds is 3. The normalized spacial score (nSPS) is 48.5. The molecule has 0 aromatic carbocycles. The fraction of sp³-hybridized carbons (Fsp3) is 0.929. The number of hydrogen-bond donors (Lipinski definition) is 7. The van der Waals surface area contributed by atoms with Gasteiger partial charge in [-0.15, -0.1) is 0 Å². The van der Waals surface area contributed by atoms with Crippen molar-refractivity contribution in [1.29, 1.82) is 0 Å². The van der Waals surface area contributed by atoms with Crippen LogP contribution >= 0.6 is 0 Å². The van der Waals surface area contributed by atoms with Gasteiger partial charge in [0.2, 0.25) is 0 Å². The van der Waals surface area contributed by atoms with Crippen molar-refractivity contribution >= 4 is 6.03 Å². The smallest absolute Gasteiger partial charge is 0.320 e. The molecule has 3 saturated heterocycles. The molecule has 3 aliphatic rings. The van der Waals surface area contributed by atoms with Crippen molar-refractivity contribution in [2.24, 2.45) is 0 Å². The summed E-state index contributed by atoms with van der Waals surface area (Å²) in [4.78, 5) is 13.5. The van der Waals surface area contributed by atoms with Gasteiger partial charge in [0, 0.05) is 13.7 Å². The number of aliphatic hydroxyl groups is 6. The lowest BCUT2D eigenvalue weighted by atomic mass is 9.95. The molecule has 12 heteroatoms. The first-order chi connectivity index (χ1) is 12.3. The van der Waals surface area contributed by atoms with Crippen LogP contribution in [0, 0.1) is 0 Å². The van der Waals surface area contributed by atoms with Gasteiger partial charge in [0.25, 0.3) is 0 Å². The Hall–Kier alpha value is -1.09. The van der Waals surface area contributed by atoms with Gasteiger partial charge in [-0.25, -0.2) is 4.79 Å². The first-order valence-corrected chi connectivity index (χ1v) is 8.22. The third-order valence-corrected chi connectivity index (χ3v) is 5.05. The van der Waals surface area contributed by atoms with Gasteiger partial charge in [0.05, 0.1) is 12.6 Å². The van der Waals surface area contributed by atoms with Crippen molar-refractivity contribution in [1.82, 2.24) is 10.2 Å². The number of carbonyl (C=O) groups excluding carboxylic acids is 1. The minimum absolute atomic E-state index is 0.0490. The van der Waals surface area contributed by atoms with E-state index in [-0.39, 0.29) is 13.2 Å². The molecule has 2 amide bonds. The van der Waals surface area contributed by atoms with Crippen LogP contribution in [-0.4, -0.2) is 123 Å². The number of hydrogen-bond acceptors (Lipinski definition) is 10. The molecule has 0 aromatic rings. The molecule has 0 saturated carbocycles. The summed E-state index contributed by atoms with van der Waals surface area (Å²) in [6.45, 7) is -0.291. The molecule has 0 radical (unpaired) electrons. The second kappa shape index (κ2) is 7.50. The van der Waals surface area contributed by atoms with Crippen LogP contribution in [0.2, 0.25) is 0 Å². The van der Waals surface area contributed by atoms with Crippen LogP contribution in [0.4, 0.5) is 4.79 Å².